The topological polar surface area (TPSA) is 26.3 Å². The molecule has 2 bridgehead atoms. The van der Waals surface area contributed by atoms with Gasteiger partial charge in [0.25, 0.3) is 5.92 Å². The summed E-state index contributed by atoms with van der Waals surface area (Å²) in [5.74, 6) is -3.60. The second-order valence-electron chi connectivity index (χ2n) is 5.57. The summed E-state index contributed by atoms with van der Waals surface area (Å²) >= 11 is 0. The molecule has 0 aliphatic heterocycles. The van der Waals surface area contributed by atoms with Crippen LogP contribution >= 0.6 is 0 Å². The Bertz CT molecular complexity index is 372. The molecule has 0 N–H and O–H groups in total. The predicted molar refractivity (Wildman–Crippen MR) is 59.7 cm³/mol. The molecule has 0 aromatic rings. The second-order valence-corrected chi connectivity index (χ2v) is 5.57. The Labute approximate surface area is 100 Å². The fourth-order valence-electron chi connectivity index (χ4n) is 3.09. The third kappa shape index (κ3) is 1.87. The zero-order valence-corrected chi connectivity index (χ0v) is 10.4. The molecular weight excluding hydrogens is 226 g/mol. The highest BCUT2D eigenvalue weighted by Gasteiger charge is 2.62. The third-order valence-corrected chi connectivity index (χ3v) is 4.33. The lowest BCUT2D eigenvalue weighted by molar-refractivity contribution is -0.143. The predicted octanol–water partition coefficient (Wildman–Crippen LogP) is 3.18. The molecule has 3 fully saturated rings. The highest BCUT2D eigenvalue weighted by Crippen LogP contribution is 2.65. The molecule has 4 heteroatoms. The molecule has 0 unspecified atom stereocenters. The number of esters is 1. The molecular formula is C13H18F2O2. The lowest BCUT2D eigenvalue weighted by Crippen LogP contribution is -2.56. The minimum atomic E-state index is -2.84. The number of hydrogen-bond acceptors (Lipinski definition) is 2. The Hall–Kier alpha value is -0.930. The van der Waals surface area contributed by atoms with Crippen molar-refractivity contribution in [1.29, 1.82) is 0 Å². The summed E-state index contributed by atoms with van der Waals surface area (Å²) in [5, 5.41) is 0. The molecule has 17 heavy (non-hydrogen) atoms. The maximum absolute atomic E-state index is 13.8. The standard InChI is InChI=1S/C13H18F2O2/c1-4-17-11(16)6-10-9-5-8(12(9,2)3)7-13(10,14)15/h6,8-9H,4-5,7H2,1-3H3/t8-,9+/m1/s1. The molecule has 0 saturated heterocycles. The molecule has 0 radical (unpaired) electrons. The quantitative estimate of drug-likeness (QED) is 0.551. The van der Waals surface area contributed by atoms with E-state index in [0.29, 0.717) is 0 Å². The number of hydrogen-bond donors (Lipinski definition) is 0. The van der Waals surface area contributed by atoms with Crippen LogP contribution in [-0.4, -0.2) is 18.5 Å². The van der Waals surface area contributed by atoms with Crippen molar-refractivity contribution in [3.8, 4) is 0 Å². The van der Waals surface area contributed by atoms with E-state index >= 15 is 0 Å². The number of carbonyl (C=O) groups is 1. The minimum Gasteiger partial charge on any atom is -0.463 e. The first-order valence-corrected chi connectivity index (χ1v) is 6.05. The first-order valence-electron chi connectivity index (χ1n) is 6.05. The smallest absolute Gasteiger partial charge is 0.330 e. The monoisotopic (exact) mass is 244 g/mol. The van der Waals surface area contributed by atoms with Crippen molar-refractivity contribution in [2.24, 2.45) is 17.3 Å². The molecule has 0 heterocycles. The fourth-order valence-corrected chi connectivity index (χ4v) is 3.09. The van der Waals surface area contributed by atoms with Crippen LogP contribution in [-0.2, 0) is 9.53 Å². The van der Waals surface area contributed by atoms with E-state index < -0.39 is 11.9 Å². The highest BCUT2D eigenvalue weighted by atomic mass is 19.3. The Kier molecular flexibility index (Phi) is 2.79. The van der Waals surface area contributed by atoms with Gasteiger partial charge in [-0.25, -0.2) is 13.6 Å². The van der Waals surface area contributed by atoms with Crippen molar-refractivity contribution in [2.45, 2.75) is 39.5 Å². The Morgan fingerprint density at radius 3 is 2.71 bits per heavy atom. The van der Waals surface area contributed by atoms with Gasteiger partial charge in [0.2, 0.25) is 0 Å². The first-order chi connectivity index (χ1) is 7.79. The van der Waals surface area contributed by atoms with Crippen LogP contribution in [0.15, 0.2) is 11.6 Å². The van der Waals surface area contributed by atoms with Crippen LogP contribution in [0.3, 0.4) is 0 Å². The van der Waals surface area contributed by atoms with Crippen LogP contribution in [0.4, 0.5) is 8.78 Å². The fraction of sp³-hybridized carbons (Fsp3) is 0.769. The molecule has 2 atom stereocenters. The first kappa shape index (κ1) is 12.5. The van der Waals surface area contributed by atoms with Crippen molar-refractivity contribution in [3.05, 3.63) is 11.6 Å². The van der Waals surface area contributed by atoms with E-state index in [4.69, 9.17) is 4.74 Å². The van der Waals surface area contributed by atoms with Gasteiger partial charge in [0.15, 0.2) is 0 Å². The van der Waals surface area contributed by atoms with Crippen molar-refractivity contribution in [3.63, 3.8) is 0 Å². The van der Waals surface area contributed by atoms with Crippen LogP contribution in [0, 0.1) is 17.3 Å². The molecule has 3 rings (SSSR count). The molecule has 3 aliphatic rings. The van der Waals surface area contributed by atoms with E-state index in [1.165, 1.54) is 0 Å². The number of alkyl halides is 2. The van der Waals surface area contributed by atoms with E-state index in [-0.39, 0.29) is 35.9 Å². The number of fused-ring (bicyclic) bond motifs is 2. The van der Waals surface area contributed by atoms with E-state index in [2.05, 4.69) is 0 Å². The Morgan fingerprint density at radius 1 is 1.53 bits per heavy atom. The van der Waals surface area contributed by atoms with Crippen LogP contribution in [0.2, 0.25) is 0 Å². The van der Waals surface area contributed by atoms with Gasteiger partial charge >= 0.3 is 5.97 Å². The molecule has 0 amide bonds. The zero-order valence-electron chi connectivity index (χ0n) is 10.4. The van der Waals surface area contributed by atoms with Crippen LogP contribution in [0.1, 0.15) is 33.6 Å². The van der Waals surface area contributed by atoms with Gasteiger partial charge in [-0.2, -0.15) is 0 Å². The lowest BCUT2D eigenvalue weighted by Gasteiger charge is -2.59. The summed E-state index contributed by atoms with van der Waals surface area (Å²) in [6.07, 6.45) is 1.65. The largest absolute Gasteiger partial charge is 0.463 e. The zero-order chi connectivity index (χ0) is 12.8. The number of carbonyl (C=O) groups excluding carboxylic acids is 1. The van der Waals surface area contributed by atoms with Crippen LogP contribution in [0.5, 0.6) is 0 Å². The number of allylic oxidation sites excluding steroid dienone is 1. The average molecular weight is 244 g/mol. The summed E-state index contributed by atoms with van der Waals surface area (Å²) < 4.78 is 32.4. The number of rotatable bonds is 2. The number of ether oxygens (including phenoxy) is 1. The minimum absolute atomic E-state index is 0.0246. The van der Waals surface area contributed by atoms with Crippen LogP contribution in [0.25, 0.3) is 0 Å². The van der Waals surface area contributed by atoms with Crippen LogP contribution < -0.4 is 0 Å². The molecule has 2 nitrogen and oxygen atoms in total. The Balaban J connectivity index is 2.26. The molecule has 0 spiro atoms. The van der Waals surface area contributed by atoms with E-state index in [1.807, 2.05) is 13.8 Å². The van der Waals surface area contributed by atoms with Crippen molar-refractivity contribution in [2.75, 3.05) is 6.61 Å². The summed E-state index contributed by atoms with van der Waals surface area (Å²) in [6, 6.07) is 0. The molecule has 3 aliphatic carbocycles. The third-order valence-electron chi connectivity index (χ3n) is 4.33. The summed E-state index contributed by atoms with van der Waals surface area (Å²) in [4.78, 5) is 11.3. The summed E-state index contributed by atoms with van der Waals surface area (Å²) in [7, 11) is 0. The maximum atomic E-state index is 13.8. The van der Waals surface area contributed by atoms with Crippen molar-refractivity contribution >= 4 is 5.97 Å². The van der Waals surface area contributed by atoms with Gasteiger partial charge < -0.3 is 4.74 Å². The van der Waals surface area contributed by atoms with Gasteiger partial charge in [-0.3, -0.25) is 0 Å². The molecule has 0 aromatic carbocycles. The van der Waals surface area contributed by atoms with Crippen molar-refractivity contribution in [1.82, 2.24) is 0 Å². The maximum Gasteiger partial charge on any atom is 0.330 e. The van der Waals surface area contributed by atoms with E-state index in [0.717, 1.165) is 12.5 Å². The number of halogens is 2. The van der Waals surface area contributed by atoms with E-state index in [1.54, 1.807) is 6.92 Å². The average Bonchev–Trinajstić information content (AvgIpc) is 2.20. The molecule has 96 valence electrons. The van der Waals surface area contributed by atoms with E-state index in [9.17, 15) is 13.6 Å². The van der Waals surface area contributed by atoms with Gasteiger partial charge in [-0.15, -0.1) is 0 Å². The van der Waals surface area contributed by atoms with Gasteiger partial charge in [0, 0.05) is 18.1 Å². The second kappa shape index (κ2) is 3.79. The molecule has 3 saturated carbocycles. The van der Waals surface area contributed by atoms with Gasteiger partial charge in [0.1, 0.15) is 0 Å². The summed E-state index contributed by atoms with van der Waals surface area (Å²) in [6.45, 7) is 5.88. The van der Waals surface area contributed by atoms with Gasteiger partial charge in [-0.05, 0) is 30.6 Å². The van der Waals surface area contributed by atoms with Gasteiger partial charge in [0.05, 0.1) is 6.61 Å². The highest BCUT2D eigenvalue weighted by molar-refractivity contribution is 5.83. The normalized spacial score (nSPS) is 35.2. The summed E-state index contributed by atoms with van der Waals surface area (Å²) in [5.41, 5.74) is -0.136. The lowest BCUT2D eigenvalue weighted by atomic mass is 9.46. The van der Waals surface area contributed by atoms with Crippen molar-refractivity contribution < 1.29 is 18.3 Å². The Morgan fingerprint density at radius 2 is 2.18 bits per heavy atom. The molecule has 0 aromatic heterocycles. The van der Waals surface area contributed by atoms with Gasteiger partial charge in [-0.1, -0.05) is 13.8 Å². The SMILES string of the molecule is CCOC(=O)C=C1[C@@H]2C[C@H](CC1(F)F)C2(C)C.